The van der Waals surface area contributed by atoms with Crippen LogP contribution in [0.25, 0.3) is 0 Å². The molecule has 4 rings (SSSR count). The molecule has 0 unspecified atom stereocenters. The van der Waals surface area contributed by atoms with E-state index in [1.165, 1.54) is 5.56 Å². The van der Waals surface area contributed by atoms with Gasteiger partial charge in [0.25, 0.3) is 0 Å². The first-order valence-electron chi connectivity index (χ1n) is 7.36. The molecule has 2 aliphatic heterocycles. The van der Waals surface area contributed by atoms with Gasteiger partial charge in [0, 0.05) is 24.0 Å². The van der Waals surface area contributed by atoms with E-state index in [0.717, 1.165) is 29.8 Å². The number of pyridine rings is 1. The highest BCUT2D eigenvalue weighted by molar-refractivity contribution is 5.99. The SMILES string of the molecule is O=C1Cc2cc(CC(=O)N3CCc4ccccc43)cnc2N1. The number of nitrogens with zero attached hydrogens (tertiary/aromatic N) is 2. The molecule has 1 aromatic heterocycles. The summed E-state index contributed by atoms with van der Waals surface area (Å²) < 4.78 is 0. The molecule has 3 heterocycles. The summed E-state index contributed by atoms with van der Waals surface area (Å²) in [5.41, 5.74) is 3.96. The van der Waals surface area contributed by atoms with Gasteiger partial charge in [0.1, 0.15) is 5.82 Å². The van der Waals surface area contributed by atoms with Gasteiger partial charge < -0.3 is 10.2 Å². The van der Waals surface area contributed by atoms with Crippen molar-refractivity contribution in [3.05, 3.63) is 53.2 Å². The number of para-hydroxylation sites is 1. The molecule has 0 aliphatic carbocycles. The largest absolute Gasteiger partial charge is 0.312 e. The maximum atomic E-state index is 12.6. The summed E-state index contributed by atoms with van der Waals surface area (Å²) >= 11 is 0. The molecule has 2 aromatic rings. The van der Waals surface area contributed by atoms with Crippen molar-refractivity contribution in [1.29, 1.82) is 0 Å². The average Bonchev–Trinajstić information content (AvgIpc) is 3.09. The molecule has 0 bridgehead atoms. The molecule has 0 atom stereocenters. The van der Waals surface area contributed by atoms with Crippen molar-refractivity contribution in [3.8, 4) is 0 Å². The van der Waals surface area contributed by atoms with Crippen LogP contribution in [0.4, 0.5) is 11.5 Å². The fraction of sp³-hybridized carbons (Fsp3) is 0.235. The summed E-state index contributed by atoms with van der Waals surface area (Å²) in [5, 5.41) is 2.70. The van der Waals surface area contributed by atoms with Gasteiger partial charge >= 0.3 is 0 Å². The quantitative estimate of drug-likeness (QED) is 0.917. The van der Waals surface area contributed by atoms with Gasteiger partial charge in [-0.25, -0.2) is 4.98 Å². The minimum absolute atomic E-state index is 0.0422. The molecule has 0 fully saturated rings. The topological polar surface area (TPSA) is 62.3 Å². The van der Waals surface area contributed by atoms with Crippen LogP contribution in [0, 0.1) is 0 Å². The first kappa shape index (κ1) is 13.0. The molecule has 110 valence electrons. The zero-order valence-electron chi connectivity index (χ0n) is 12.0. The van der Waals surface area contributed by atoms with Crippen LogP contribution in [0.2, 0.25) is 0 Å². The molecule has 0 saturated carbocycles. The number of aromatic nitrogens is 1. The number of benzene rings is 1. The molecular formula is C17H15N3O2. The summed E-state index contributed by atoms with van der Waals surface area (Å²) in [7, 11) is 0. The second-order valence-electron chi connectivity index (χ2n) is 5.68. The Morgan fingerprint density at radius 1 is 1.27 bits per heavy atom. The molecule has 5 heteroatoms. The van der Waals surface area contributed by atoms with Gasteiger partial charge in [0.05, 0.1) is 12.8 Å². The Kier molecular flexibility index (Phi) is 2.92. The summed E-state index contributed by atoms with van der Waals surface area (Å²) in [6.45, 7) is 0.733. The van der Waals surface area contributed by atoms with Gasteiger partial charge in [-0.1, -0.05) is 18.2 Å². The fourth-order valence-electron chi connectivity index (χ4n) is 3.12. The van der Waals surface area contributed by atoms with Crippen molar-refractivity contribution in [2.75, 3.05) is 16.8 Å². The first-order valence-corrected chi connectivity index (χ1v) is 7.36. The van der Waals surface area contributed by atoms with Crippen molar-refractivity contribution in [1.82, 2.24) is 4.98 Å². The van der Waals surface area contributed by atoms with Crippen LogP contribution in [0.5, 0.6) is 0 Å². The second kappa shape index (κ2) is 4.94. The fourth-order valence-corrected chi connectivity index (χ4v) is 3.12. The Bertz CT molecular complexity index is 785. The van der Waals surface area contributed by atoms with Gasteiger partial charge in [-0.2, -0.15) is 0 Å². The van der Waals surface area contributed by atoms with Crippen molar-refractivity contribution >= 4 is 23.3 Å². The number of hydrogen-bond acceptors (Lipinski definition) is 3. The molecule has 5 nitrogen and oxygen atoms in total. The van der Waals surface area contributed by atoms with Crippen LogP contribution >= 0.6 is 0 Å². The number of carbonyl (C=O) groups excluding carboxylic acids is 2. The lowest BCUT2D eigenvalue weighted by atomic mass is 10.1. The van der Waals surface area contributed by atoms with Gasteiger partial charge in [0.15, 0.2) is 0 Å². The van der Waals surface area contributed by atoms with Crippen LogP contribution in [0.3, 0.4) is 0 Å². The third-order valence-electron chi connectivity index (χ3n) is 4.18. The van der Waals surface area contributed by atoms with Gasteiger partial charge in [-0.15, -0.1) is 0 Å². The molecule has 1 aromatic carbocycles. The minimum Gasteiger partial charge on any atom is -0.312 e. The van der Waals surface area contributed by atoms with E-state index in [1.54, 1.807) is 6.20 Å². The Morgan fingerprint density at radius 3 is 3.05 bits per heavy atom. The predicted octanol–water partition coefficient (Wildman–Crippen LogP) is 1.71. The number of hydrogen-bond donors (Lipinski definition) is 1. The lowest BCUT2D eigenvalue weighted by Crippen LogP contribution is -2.30. The van der Waals surface area contributed by atoms with Crippen LogP contribution in [0.1, 0.15) is 16.7 Å². The monoisotopic (exact) mass is 293 g/mol. The molecule has 2 aliphatic rings. The van der Waals surface area contributed by atoms with E-state index in [-0.39, 0.29) is 11.8 Å². The normalized spacial score (nSPS) is 15.5. The van der Waals surface area contributed by atoms with Crippen LogP contribution < -0.4 is 10.2 Å². The first-order chi connectivity index (χ1) is 10.7. The molecule has 22 heavy (non-hydrogen) atoms. The third-order valence-corrected chi connectivity index (χ3v) is 4.18. The summed E-state index contributed by atoms with van der Waals surface area (Å²) in [6, 6.07) is 9.92. The van der Waals surface area contributed by atoms with Crippen molar-refractivity contribution < 1.29 is 9.59 Å². The molecule has 2 amide bonds. The van der Waals surface area contributed by atoms with E-state index in [2.05, 4.69) is 16.4 Å². The number of carbonyl (C=O) groups is 2. The Labute approximate surface area is 128 Å². The van der Waals surface area contributed by atoms with Crippen molar-refractivity contribution in [3.63, 3.8) is 0 Å². The number of rotatable bonds is 2. The highest BCUT2D eigenvalue weighted by Gasteiger charge is 2.25. The van der Waals surface area contributed by atoms with E-state index < -0.39 is 0 Å². The third kappa shape index (κ3) is 2.15. The Balaban J connectivity index is 1.54. The molecule has 0 spiro atoms. The maximum Gasteiger partial charge on any atom is 0.231 e. The molecule has 1 N–H and O–H groups in total. The van der Waals surface area contributed by atoms with E-state index in [0.29, 0.717) is 18.7 Å². The lowest BCUT2D eigenvalue weighted by Gasteiger charge is -2.17. The average molecular weight is 293 g/mol. The minimum atomic E-state index is -0.0422. The summed E-state index contributed by atoms with van der Waals surface area (Å²) in [4.78, 5) is 30.0. The van der Waals surface area contributed by atoms with E-state index >= 15 is 0 Å². The van der Waals surface area contributed by atoms with Gasteiger partial charge in [0.2, 0.25) is 11.8 Å². The van der Waals surface area contributed by atoms with E-state index in [9.17, 15) is 9.59 Å². The van der Waals surface area contributed by atoms with Crippen molar-refractivity contribution in [2.45, 2.75) is 19.3 Å². The Hall–Kier alpha value is -2.69. The molecule has 0 saturated heterocycles. The zero-order chi connectivity index (χ0) is 15.1. The van der Waals surface area contributed by atoms with Crippen molar-refractivity contribution in [2.24, 2.45) is 0 Å². The number of anilines is 2. The number of amides is 2. The van der Waals surface area contributed by atoms with Gasteiger partial charge in [-0.05, 0) is 29.7 Å². The Morgan fingerprint density at radius 2 is 2.14 bits per heavy atom. The zero-order valence-corrected chi connectivity index (χ0v) is 12.0. The smallest absolute Gasteiger partial charge is 0.231 e. The van der Waals surface area contributed by atoms with E-state index in [4.69, 9.17) is 0 Å². The summed E-state index contributed by atoms with van der Waals surface area (Å²) in [5.74, 6) is 0.649. The molecular weight excluding hydrogens is 278 g/mol. The standard InChI is InChI=1S/C17H15N3O2/c21-15-9-13-7-11(10-18-17(13)19-15)8-16(22)20-6-5-12-3-1-2-4-14(12)20/h1-4,7,10H,5-6,8-9H2,(H,18,19,21). The van der Waals surface area contributed by atoms with Gasteiger partial charge in [-0.3, -0.25) is 9.59 Å². The maximum absolute atomic E-state index is 12.6. The predicted molar refractivity (Wildman–Crippen MR) is 82.8 cm³/mol. The van der Waals surface area contributed by atoms with Crippen LogP contribution in [0.15, 0.2) is 36.5 Å². The second-order valence-corrected chi connectivity index (χ2v) is 5.68. The summed E-state index contributed by atoms with van der Waals surface area (Å²) in [6.07, 6.45) is 3.23. The van der Waals surface area contributed by atoms with Crippen LogP contribution in [-0.4, -0.2) is 23.3 Å². The highest BCUT2D eigenvalue weighted by atomic mass is 16.2. The van der Waals surface area contributed by atoms with E-state index in [1.807, 2.05) is 29.2 Å². The van der Waals surface area contributed by atoms with Crippen LogP contribution in [-0.2, 0) is 28.9 Å². The lowest BCUT2D eigenvalue weighted by molar-refractivity contribution is -0.118. The number of nitrogens with one attached hydrogen (secondary N) is 1. The highest BCUT2D eigenvalue weighted by Crippen LogP contribution is 2.28. The number of fused-ring (bicyclic) bond motifs is 2. The molecule has 0 radical (unpaired) electrons.